The first kappa shape index (κ1) is 16.1. The van der Waals surface area contributed by atoms with Crippen LogP contribution in [0.4, 0.5) is 10.9 Å². The summed E-state index contributed by atoms with van der Waals surface area (Å²) in [5.41, 5.74) is 0.873. The van der Waals surface area contributed by atoms with Gasteiger partial charge in [0.05, 0.1) is 28.1 Å². The molecule has 0 radical (unpaired) electrons. The van der Waals surface area contributed by atoms with Crippen LogP contribution >= 0.6 is 34.5 Å². The van der Waals surface area contributed by atoms with Gasteiger partial charge >= 0.3 is 0 Å². The van der Waals surface area contributed by atoms with Crippen molar-refractivity contribution in [2.45, 2.75) is 12.3 Å². The van der Waals surface area contributed by atoms with E-state index >= 15 is 0 Å². The van der Waals surface area contributed by atoms with E-state index in [0.29, 0.717) is 35.5 Å². The van der Waals surface area contributed by atoms with E-state index in [1.54, 1.807) is 17.4 Å². The van der Waals surface area contributed by atoms with Gasteiger partial charge in [0, 0.05) is 25.4 Å². The van der Waals surface area contributed by atoms with Gasteiger partial charge in [-0.05, 0) is 11.6 Å². The molecule has 1 fully saturated rings. The van der Waals surface area contributed by atoms with Gasteiger partial charge in [-0.25, -0.2) is 4.98 Å². The molecule has 1 aromatic heterocycles. The highest BCUT2D eigenvalue weighted by molar-refractivity contribution is 7.16. The fraction of sp³-hybridized carbons (Fsp3) is 0.375. The molecule has 0 spiro atoms. The number of amides is 1. The van der Waals surface area contributed by atoms with Crippen molar-refractivity contribution in [2.24, 2.45) is 0 Å². The van der Waals surface area contributed by atoms with Crippen molar-refractivity contribution in [2.75, 3.05) is 36.5 Å². The second-order valence-corrected chi connectivity index (χ2v) is 7.55. The number of ether oxygens (including phenoxy) is 1. The Bertz CT molecular complexity index is 790. The van der Waals surface area contributed by atoms with Crippen molar-refractivity contribution in [3.05, 3.63) is 38.7 Å². The topological polar surface area (TPSA) is 54.5 Å². The predicted octanol–water partition coefficient (Wildman–Crippen LogP) is 3.76. The van der Waals surface area contributed by atoms with Crippen molar-refractivity contribution in [3.8, 4) is 0 Å². The van der Waals surface area contributed by atoms with Crippen LogP contribution in [0.2, 0.25) is 10.0 Å². The molecule has 1 atom stereocenters. The van der Waals surface area contributed by atoms with Gasteiger partial charge in [0.1, 0.15) is 5.82 Å². The fourth-order valence-corrected chi connectivity index (χ4v) is 4.67. The van der Waals surface area contributed by atoms with Crippen molar-refractivity contribution < 1.29 is 9.53 Å². The van der Waals surface area contributed by atoms with Crippen LogP contribution in [0.25, 0.3) is 0 Å². The molecule has 24 heavy (non-hydrogen) atoms. The summed E-state index contributed by atoms with van der Waals surface area (Å²) < 4.78 is 5.39. The summed E-state index contributed by atoms with van der Waals surface area (Å²) in [5, 5.41) is 4.80. The minimum Gasteiger partial charge on any atom is -0.378 e. The molecule has 3 heterocycles. The number of anilines is 2. The smallest absolute Gasteiger partial charge is 0.226 e. The third-order valence-electron chi connectivity index (χ3n) is 4.24. The normalized spacial score (nSPS) is 20.7. The SMILES string of the molecule is O=C1C[C@@H](c2cccc(Cl)c2Cl)c2sc(N3CCOCC3)nc2N1. The van der Waals surface area contributed by atoms with Crippen molar-refractivity contribution >= 4 is 51.4 Å². The van der Waals surface area contributed by atoms with Gasteiger partial charge in [-0.2, -0.15) is 0 Å². The summed E-state index contributed by atoms with van der Waals surface area (Å²) in [4.78, 5) is 20.0. The van der Waals surface area contributed by atoms with Gasteiger partial charge in [0.15, 0.2) is 5.13 Å². The van der Waals surface area contributed by atoms with Crippen molar-refractivity contribution in [3.63, 3.8) is 0 Å². The highest BCUT2D eigenvalue weighted by Gasteiger charge is 2.33. The van der Waals surface area contributed by atoms with E-state index in [9.17, 15) is 4.79 Å². The van der Waals surface area contributed by atoms with Crippen LogP contribution < -0.4 is 10.2 Å². The number of carbonyl (C=O) groups is 1. The Morgan fingerprint density at radius 1 is 1.29 bits per heavy atom. The van der Waals surface area contributed by atoms with E-state index in [-0.39, 0.29) is 11.8 Å². The lowest BCUT2D eigenvalue weighted by Crippen LogP contribution is -2.36. The van der Waals surface area contributed by atoms with Gasteiger partial charge in [0.2, 0.25) is 5.91 Å². The lowest BCUT2D eigenvalue weighted by Gasteiger charge is -2.26. The third kappa shape index (κ3) is 2.88. The first-order chi connectivity index (χ1) is 11.6. The Morgan fingerprint density at radius 2 is 2.08 bits per heavy atom. The summed E-state index contributed by atoms with van der Waals surface area (Å²) in [6.45, 7) is 3.01. The minimum absolute atomic E-state index is 0.0534. The van der Waals surface area contributed by atoms with Gasteiger partial charge in [0.25, 0.3) is 0 Å². The van der Waals surface area contributed by atoms with Gasteiger partial charge in [-0.15, -0.1) is 0 Å². The second-order valence-electron chi connectivity index (χ2n) is 5.76. The molecule has 1 amide bonds. The second kappa shape index (κ2) is 6.52. The first-order valence-corrected chi connectivity index (χ1v) is 9.28. The molecule has 2 aromatic rings. The number of nitrogens with one attached hydrogen (secondary N) is 1. The van der Waals surface area contributed by atoms with E-state index in [4.69, 9.17) is 27.9 Å². The van der Waals surface area contributed by atoms with E-state index in [2.05, 4.69) is 15.2 Å². The monoisotopic (exact) mass is 383 g/mol. The Balaban J connectivity index is 1.74. The molecule has 126 valence electrons. The number of rotatable bonds is 2. The molecule has 1 aromatic carbocycles. The van der Waals surface area contributed by atoms with Crippen molar-refractivity contribution in [1.82, 2.24) is 4.98 Å². The summed E-state index contributed by atoms with van der Waals surface area (Å²) in [6, 6.07) is 5.54. The average Bonchev–Trinajstić information content (AvgIpc) is 3.01. The first-order valence-electron chi connectivity index (χ1n) is 7.70. The highest BCUT2D eigenvalue weighted by atomic mass is 35.5. The molecule has 4 rings (SSSR count). The van der Waals surface area contributed by atoms with Crippen LogP contribution in [0.5, 0.6) is 0 Å². The highest BCUT2D eigenvalue weighted by Crippen LogP contribution is 2.45. The summed E-state index contributed by atoms with van der Waals surface area (Å²) in [7, 11) is 0. The van der Waals surface area contributed by atoms with E-state index in [1.165, 1.54) is 0 Å². The molecule has 0 saturated carbocycles. The number of aromatic nitrogens is 1. The zero-order chi connectivity index (χ0) is 16.7. The van der Waals surface area contributed by atoms with Crippen LogP contribution in [0, 0.1) is 0 Å². The molecule has 2 aliphatic rings. The Morgan fingerprint density at radius 3 is 2.88 bits per heavy atom. The molecule has 8 heteroatoms. The lowest BCUT2D eigenvalue weighted by atomic mass is 9.91. The fourth-order valence-electron chi connectivity index (χ4n) is 3.04. The Kier molecular flexibility index (Phi) is 4.39. The quantitative estimate of drug-likeness (QED) is 0.857. The molecule has 5 nitrogen and oxygen atoms in total. The minimum atomic E-state index is -0.118. The molecular formula is C16H15Cl2N3O2S. The number of hydrogen-bond acceptors (Lipinski definition) is 5. The molecule has 1 saturated heterocycles. The molecule has 1 N–H and O–H groups in total. The van der Waals surface area contributed by atoms with Crippen molar-refractivity contribution in [1.29, 1.82) is 0 Å². The van der Waals surface area contributed by atoms with E-state index < -0.39 is 0 Å². The third-order valence-corrected chi connectivity index (χ3v) is 6.31. The Labute approximate surface area is 153 Å². The maximum Gasteiger partial charge on any atom is 0.226 e. The molecular weight excluding hydrogens is 369 g/mol. The van der Waals surface area contributed by atoms with Crippen LogP contribution in [0.1, 0.15) is 22.8 Å². The maximum absolute atomic E-state index is 12.1. The number of nitrogens with zero attached hydrogens (tertiary/aromatic N) is 2. The number of halogens is 2. The molecule has 0 unspecified atom stereocenters. The van der Waals surface area contributed by atoms with E-state index in [1.807, 2.05) is 12.1 Å². The lowest BCUT2D eigenvalue weighted by molar-refractivity contribution is -0.116. The Hall–Kier alpha value is -1.34. The molecule has 0 bridgehead atoms. The number of thiazole rings is 1. The summed E-state index contributed by atoms with van der Waals surface area (Å²) in [5.74, 6) is 0.466. The molecule has 2 aliphatic heterocycles. The average molecular weight is 384 g/mol. The van der Waals surface area contributed by atoms with Crippen LogP contribution in [-0.2, 0) is 9.53 Å². The van der Waals surface area contributed by atoms with Crippen LogP contribution in [-0.4, -0.2) is 37.2 Å². The zero-order valence-corrected chi connectivity index (χ0v) is 15.0. The largest absolute Gasteiger partial charge is 0.378 e. The van der Waals surface area contributed by atoms with Gasteiger partial charge < -0.3 is 15.0 Å². The number of morpholine rings is 1. The predicted molar refractivity (Wildman–Crippen MR) is 96.7 cm³/mol. The standard InChI is InChI=1S/C16H15Cl2N3O2S/c17-11-3-1-2-9(13(11)18)10-8-12(22)19-15-14(10)24-16(20-15)21-4-6-23-7-5-21/h1-3,10H,4-8H2,(H,19,22)/t10-/m0/s1. The van der Waals surface area contributed by atoms with Crippen LogP contribution in [0.15, 0.2) is 18.2 Å². The zero-order valence-electron chi connectivity index (χ0n) is 12.7. The molecule has 0 aliphatic carbocycles. The van der Waals surface area contributed by atoms with Gasteiger partial charge in [-0.3, -0.25) is 4.79 Å². The maximum atomic E-state index is 12.1. The summed E-state index contributed by atoms with van der Waals surface area (Å²) >= 11 is 14.2. The number of benzene rings is 1. The van der Waals surface area contributed by atoms with Gasteiger partial charge in [-0.1, -0.05) is 46.7 Å². The van der Waals surface area contributed by atoms with Crippen LogP contribution in [0.3, 0.4) is 0 Å². The summed E-state index contributed by atoms with van der Waals surface area (Å²) in [6.07, 6.45) is 0.345. The number of hydrogen-bond donors (Lipinski definition) is 1. The number of carbonyl (C=O) groups excluding carboxylic acids is 1. The number of fused-ring (bicyclic) bond motifs is 1. The van der Waals surface area contributed by atoms with E-state index in [0.717, 1.165) is 28.7 Å².